The molecule has 0 spiro atoms. The van der Waals surface area contributed by atoms with Crippen molar-refractivity contribution in [1.82, 2.24) is 15.0 Å². The molecule has 0 aliphatic rings. The van der Waals surface area contributed by atoms with E-state index in [4.69, 9.17) is 10.8 Å². The van der Waals surface area contributed by atoms with Gasteiger partial charge in [-0.15, -0.1) is 5.10 Å². The van der Waals surface area contributed by atoms with Crippen molar-refractivity contribution in [3.63, 3.8) is 0 Å². The number of carbonyl (C=O) groups is 1. The van der Waals surface area contributed by atoms with Gasteiger partial charge in [-0.05, 0) is 22.0 Å². The van der Waals surface area contributed by atoms with Crippen LogP contribution in [0.15, 0.2) is 10.3 Å². The Hall–Kier alpha value is -1.37. The van der Waals surface area contributed by atoms with Gasteiger partial charge in [-0.3, -0.25) is 0 Å². The lowest BCUT2D eigenvalue weighted by Gasteiger charge is -1.95. The molecule has 0 atom stereocenters. The minimum Gasteiger partial charge on any atom is -0.477 e. The summed E-state index contributed by atoms with van der Waals surface area (Å²) in [4.78, 5) is 10.4. The molecule has 1 aromatic heterocycles. The van der Waals surface area contributed by atoms with Gasteiger partial charge in [0.05, 0.1) is 5.69 Å². The largest absolute Gasteiger partial charge is 0.477 e. The van der Waals surface area contributed by atoms with Gasteiger partial charge in [-0.1, -0.05) is 5.21 Å². The maximum atomic E-state index is 10.4. The highest BCUT2D eigenvalue weighted by molar-refractivity contribution is 9.10. The van der Waals surface area contributed by atoms with E-state index < -0.39 is 5.97 Å². The zero-order valence-corrected chi connectivity index (χ0v) is 8.32. The van der Waals surface area contributed by atoms with E-state index in [-0.39, 0.29) is 5.70 Å². The molecule has 0 aromatic carbocycles. The maximum absolute atomic E-state index is 10.4. The minimum atomic E-state index is -1.17. The van der Waals surface area contributed by atoms with Crippen molar-refractivity contribution in [3.05, 3.63) is 16.0 Å². The SMILES string of the molecule is Cn1nnc(Br)c1/C=C(/N)C(=O)O. The summed E-state index contributed by atoms with van der Waals surface area (Å²) in [6.45, 7) is 0. The summed E-state index contributed by atoms with van der Waals surface area (Å²) in [5.41, 5.74) is 5.47. The van der Waals surface area contributed by atoms with Crippen molar-refractivity contribution in [2.75, 3.05) is 0 Å². The summed E-state index contributed by atoms with van der Waals surface area (Å²) in [6, 6.07) is 0. The van der Waals surface area contributed by atoms with Crippen LogP contribution < -0.4 is 5.73 Å². The van der Waals surface area contributed by atoms with Crippen molar-refractivity contribution in [3.8, 4) is 0 Å². The number of aryl methyl sites for hydroxylation is 1. The number of hydrogen-bond acceptors (Lipinski definition) is 4. The predicted molar refractivity (Wildman–Crippen MR) is 48.5 cm³/mol. The summed E-state index contributed by atoms with van der Waals surface area (Å²) in [5, 5.41) is 15.8. The molecule has 0 unspecified atom stereocenters. The summed E-state index contributed by atoms with van der Waals surface area (Å²) >= 11 is 3.11. The third kappa shape index (κ3) is 2.05. The van der Waals surface area contributed by atoms with Crippen molar-refractivity contribution in [1.29, 1.82) is 0 Å². The minimum absolute atomic E-state index is 0.258. The molecule has 0 bridgehead atoms. The van der Waals surface area contributed by atoms with Gasteiger partial charge in [0.1, 0.15) is 5.70 Å². The fourth-order valence-electron chi connectivity index (χ4n) is 0.701. The van der Waals surface area contributed by atoms with E-state index in [0.29, 0.717) is 10.3 Å². The van der Waals surface area contributed by atoms with Gasteiger partial charge in [0.15, 0.2) is 4.60 Å². The molecule has 6 nitrogen and oxygen atoms in total. The quantitative estimate of drug-likeness (QED) is 0.715. The average molecular weight is 247 g/mol. The van der Waals surface area contributed by atoms with Crippen LogP contribution >= 0.6 is 15.9 Å². The first kappa shape index (κ1) is 9.72. The fraction of sp³-hybridized carbons (Fsp3) is 0.167. The first-order chi connectivity index (χ1) is 6.02. The Balaban J connectivity index is 3.10. The molecule has 1 heterocycles. The second kappa shape index (κ2) is 3.56. The Morgan fingerprint density at radius 1 is 1.77 bits per heavy atom. The van der Waals surface area contributed by atoms with E-state index >= 15 is 0 Å². The van der Waals surface area contributed by atoms with E-state index in [2.05, 4.69) is 26.2 Å². The van der Waals surface area contributed by atoms with Crippen molar-refractivity contribution in [2.45, 2.75) is 0 Å². The molecule has 13 heavy (non-hydrogen) atoms. The van der Waals surface area contributed by atoms with Gasteiger partial charge in [-0.25, -0.2) is 9.48 Å². The number of nitrogens with zero attached hydrogens (tertiary/aromatic N) is 3. The molecule has 1 rings (SSSR count). The normalized spacial score (nSPS) is 11.7. The number of aliphatic carboxylic acids is 1. The summed E-state index contributed by atoms with van der Waals surface area (Å²) in [7, 11) is 1.64. The molecule has 0 aliphatic carbocycles. The van der Waals surface area contributed by atoms with Crippen LogP contribution in [0.2, 0.25) is 0 Å². The van der Waals surface area contributed by atoms with Crippen LogP contribution in [0.25, 0.3) is 6.08 Å². The molecule has 70 valence electrons. The third-order valence-corrected chi connectivity index (χ3v) is 1.93. The molecule has 0 saturated carbocycles. The molecule has 7 heteroatoms. The number of carboxylic acid groups (broad SMARTS) is 1. The molecule has 0 amide bonds. The Morgan fingerprint density at radius 3 is 2.77 bits per heavy atom. The first-order valence-electron chi connectivity index (χ1n) is 3.28. The lowest BCUT2D eigenvalue weighted by Crippen LogP contribution is -2.10. The van der Waals surface area contributed by atoms with Crippen molar-refractivity contribution in [2.24, 2.45) is 12.8 Å². The molecular weight excluding hydrogens is 240 g/mol. The third-order valence-electron chi connectivity index (χ3n) is 1.37. The molecule has 1 aromatic rings. The monoisotopic (exact) mass is 246 g/mol. The average Bonchev–Trinajstić information content (AvgIpc) is 2.35. The summed E-state index contributed by atoms with van der Waals surface area (Å²) in [6.07, 6.45) is 1.28. The smallest absolute Gasteiger partial charge is 0.351 e. The number of rotatable bonds is 2. The Bertz CT molecular complexity index is 351. The predicted octanol–water partition coefficient (Wildman–Crippen LogP) is -0.0382. The fourth-order valence-corrected chi connectivity index (χ4v) is 1.14. The van der Waals surface area contributed by atoms with Gasteiger partial charge in [0.25, 0.3) is 0 Å². The van der Waals surface area contributed by atoms with Crippen LogP contribution in [-0.2, 0) is 11.8 Å². The lowest BCUT2D eigenvalue weighted by atomic mass is 10.3. The molecule has 0 radical (unpaired) electrons. The lowest BCUT2D eigenvalue weighted by molar-refractivity contribution is -0.132. The van der Waals surface area contributed by atoms with Crippen LogP contribution in [0, 0.1) is 0 Å². The highest BCUT2D eigenvalue weighted by Crippen LogP contribution is 2.13. The second-order valence-electron chi connectivity index (χ2n) is 2.29. The number of carboxylic acids is 1. The number of nitrogens with two attached hydrogens (primary N) is 1. The summed E-state index contributed by atoms with van der Waals surface area (Å²) in [5.74, 6) is -1.17. The Morgan fingerprint density at radius 2 is 2.38 bits per heavy atom. The van der Waals surface area contributed by atoms with Gasteiger partial charge in [-0.2, -0.15) is 0 Å². The van der Waals surface area contributed by atoms with Crippen LogP contribution in [-0.4, -0.2) is 26.1 Å². The van der Waals surface area contributed by atoms with Gasteiger partial charge >= 0.3 is 5.97 Å². The van der Waals surface area contributed by atoms with Crippen LogP contribution in [0.3, 0.4) is 0 Å². The van der Waals surface area contributed by atoms with E-state index in [1.807, 2.05) is 0 Å². The molecule has 0 aliphatic heterocycles. The van der Waals surface area contributed by atoms with Gasteiger partial charge in [0.2, 0.25) is 0 Å². The van der Waals surface area contributed by atoms with Gasteiger partial charge < -0.3 is 10.8 Å². The van der Waals surface area contributed by atoms with Crippen LogP contribution in [0.1, 0.15) is 5.69 Å². The maximum Gasteiger partial charge on any atom is 0.351 e. The van der Waals surface area contributed by atoms with E-state index in [0.717, 1.165) is 0 Å². The van der Waals surface area contributed by atoms with Crippen molar-refractivity contribution < 1.29 is 9.90 Å². The van der Waals surface area contributed by atoms with E-state index in [1.54, 1.807) is 7.05 Å². The van der Waals surface area contributed by atoms with Crippen molar-refractivity contribution >= 4 is 28.0 Å². The Labute approximate surface area is 82.2 Å². The van der Waals surface area contributed by atoms with Crippen LogP contribution in [0.4, 0.5) is 0 Å². The molecule has 0 saturated heterocycles. The highest BCUT2D eigenvalue weighted by Gasteiger charge is 2.08. The zero-order valence-electron chi connectivity index (χ0n) is 6.73. The Kier molecular flexibility index (Phi) is 2.66. The number of aromatic nitrogens is 3. The molecule has 3 N–H and O–H groups in total. The highest BCUT2D eigenvalue weighted by atomic mass is 79.9. The van der Waals surface area contributed by atoms with E-state index in [9.17, 15) is 4.79 Å². The zero-order chi connectivity index (χ0) is 10.0. The standard InChI is InChI=1S/C6H7BrN4O2/c1-11-4(5(7)9-10-11)2-3(8)6(12)13/h2H,8H2,1H3,(H,12,13)/b3-2+. The number of hydrogen-bond donors (Lipinski definition) is 2. The second-order valence-corrected chi connectivity index (χ2v) is 3.05. The van der Waals surface area contributed by atoms with Gasteiger partial charge in [0, 0.05) is 7.05 Å². The van der Waals surface area contributed by atoms with Crippen LogP contribution in [0.5, 0.6) is 0 Å². The molecular formula is C6H7BrN4O2. The van der Waals surface area contributed by atoms with E-state index in [1.165, 1.54) is 10.8 Å². The number of halogens is 1. The summed E-state index contributed by atoms with van der Waals surface area (Å²) < 4.78 is 1.87. The molecule has 0 fully saturated rings. The first-order valence-corrected chi connectivity index (χ1v) is 4.07. The topological polar surface area (TPSA) is 94.0 Å².